The number of amides is 1. The van der Waals surface area contributed by atoms with Crippen LogP contribution in [0.25, 0.3) is 0 Å². The molecule has 1 N–H and O–H groups in total. The minimum atomic E-state index is 0.105. The number of anilines is 1. The first kappa shape index (κ1) is 15.9. The van der Waals surface area contributed by atoms with Gasteiger partial charge in [-0.2, -0.15) is 0 Å². The maximum Gasteiger partial charge on any atom is 0.238 e. The Morgan fingerprint density at radius 1 is 1.29 bits per heavy atom. The van der Waals surface area contributed by atoms with Crippen LogP contribution in [0, 0.1) is 19.8 Å². The fraction of sp³-hybridized carbons (Fsp3) is 0.450. The minimum Gasteiger partial charge on any atom is -0.325 e. The van der Waals surface area contributed by atoms with E-state index in [1.54, 1.807) is 0 Å². The predicted octanol–water partition coefficient (Wildman–Crippen LogP) is 4.31. The fourth-order valence-corrected chi connectivity index (χ4v) is 4.70. The van der Waals surface area contributed by atoms with Gasteiger partial charge in [-0.05, 0) is 73.2 Å². The second-order valence-electron chi connectivity index (χ2n) is 7.17. The summed E-state index contributed by atoms with van der Waals surface area (Å²) in [5, 5.41) is 5.33. The molecule has 1 aliphatic carbocycles. The average Bonchev–Trinajstić information content (AvgIpc) is 3.27. The van der Waals surface area contributed by atoms with Crippen molar-refractivity contribution in [2.24, 2.45) is 5.92 Å². The van der Waals surface area contributed by atoms with Gasteiger partial charge >= 0.3 is 0 Å². The highest BCUT2D eigenvalue weighted by Gasteiger charge is 2.40. The first-order chi connectivity index (χ1) is 11.6. The van der Waals surface area contributed by atoms with E-state index in [0.717, 1.165) is 30.1 Å². The van der Waals surface area contributed by atoms with Crippen molar-refractivity contribution in [1.29, 1.82) is 0 Å². The van der Waals surface area contributed by atoms with Crippen LogP contribution >= 0.6 is 11.3 Å². The summed E-state index contributed by atoms with van der Waals surface area (Å²) in [6.45, 7) is 5.58. The van der Waals surface area contributed by atoms with Crippen molar-refractivity contribution in [2.45, 2.75) is 39.2 Å². The number of aryl methyl sites for hydroxylation is 2. The van der Waals surface area contributed by atoms with Crippen molar-refractivity contribution in [1.82, 2.24) is 4.90 Å². The van der Waals surface area contributed by atoms with Crippen molar-refractivity contribution < 1.29 is 4.79 Å². The van der Waals surface area contributed by atoms with Crippen LogP contribution in [0.1, 0.15) is 40.5 Å². The highest BCUT2D eigenvalue weighted by molar-refractivity contribution is 7.10. The van der Waals surface area contributed by atoms with Gasteiger partial charge in [0.15, 0.2) is 0 Å². The van der Waals surface area contributed by atoms with E-state index in [-0.39, 0.29) is 5.91 Å². The zero-order valence-electron chi connectivity index (χ0n) is 14.3. The van der Waals surface area contributed by atoms with Gasteiger partial charge in [0.05, 0.1) is 6.54 Å². The second-order valence-corrected chi connectivity index (χ2v) is 8.17. The first-order valence-electron chi connectivity index (χ1n) is 8.79. The summed E-state index contributed by atoms with van der Waals surface area (Å²) in [7, 11) is 0. The molecule has 4 rings (SSSR count). The van der Waals surface area contributed by atoms with Gasteiger partial charge in [-0.3, -0.25) is 9.69 Å². The van der Waals surface area contributed by atoms with E-state index in [1.807, 2.05) is 18.3 Å². The van der Waals surface area contributed by atoms with Crippen LogP contribution in [-0.4, -0.2) is 23.9 Å². The highest BCUT2D eigenvalue weighted by Crippen LogP contribution is 2.48. The van der Waals surface area contributed by atoms with Gasteiger partial charge in [0.2, 0.25) is 5.91 Å². The fourth-order valence-electron chi connectivity index (χ4n) is 3.78. The van der Waals surface area contributed by atoms with Crippen molar-refractivity contribution >= 4 is 22.9 Å². The average molecular weight is 340 g/mol. The second kappa shape index (κ2) is 6.34. The standard InChI is InChI=1S/C20H24N2OS/c1-13-3-4-14(2)17(11-13)21-19(23)12-22-9-7-18-16(8-10-24-18)20(22)15-5-6-15/h3-4,8,10-11,15,20H,5-7,9,12H2,1-2H3,(H,21,23)/t20-/m1/s1. The molecule has 1 fully saturated rings. The van der Waals surface area contributed by atoms with Crippen LogP contribution in [0.15, 0.2) is 29.6 Å². The normalized spacial score (nSPS) is 20.7. The van der Waals surface area contributed by atoms with Gasteiger partial charge in [0, 0.05) is 23.2 Å². The van der Waals surface area contributed by atoms with Gasteiger partial charge in [-0.1, -0.05) is 12.1 Å². The van der Waals surface area contributed by atoms with E-state index in [9.17, 15) is 4.79 Å². The highest BCUT2D eigenvalue weighted by atomic mass is 32.1. The third kappa shape index (κ3) is 3.13. The molecule has 3 nitrogen and oxygen atoms in total. The lowest BCUT2D eigenvalue weighted by Crippen LogP contribution is -2.41. The van der Waals surface area contributed by atoms with Crippen molar-refractivity contribution in [3.8, 4) is 0 Å². The molecule has 0 saturated heterocycles. The van der Waals surface area contributed by atoms with E-state index in [4.69, 9.17) is 0 Å². The van der Waals surface area contributed by atoms with Gasteiger partial charge in [0.25, 0.3) is 0 Å². The smallest absolute Gasteiger partial charge is 0.238 e. The van der Waals surface area contributed by atoms with E-state index in [0.29, 0.717) is 12.6 Å². The number of hydrogen-bond acceptors (Lipinski definition) is 3. The van der Waals surface area contributed by atoms with E-state index in [2.05, 4.69) is 46.8 Å². The molecule has 0 unspecified atom stereocenters. The molecule has 1 aromatic carbocycles. The molecule has 24 heavy (non-hydrogen) atoms. The zero-order chi connectivity index (χ0) is 16.7. The summed E-state index contributed by atoms with van der Waals surface area (Å²) in [4.78, 5) is 16.6. The quantitative estimate of drug-likeness (QED) is 0.899. The Morgan fingerprint density at radius 2 is 2.12 bits per heavy atom. The molecule has 0 bridgehead atoms. The number of thiophene rings is 1. The Kier molecular flexibility index (Phi) is 4.19. The summed E-state index contributed by atoms with van der Waals surface area (Å²) in [5.74, 6) is 0.847. The number of nitrogens with one attached hydrogen (secondary N) is 1. The maximum absolute atomic E-state index is 12.6. The summed E-state index contributed by atoms with van der Waals surface area (Å²) in [5.41, 5.74) is 4.71. The van der Waals surface area contributed by atoms with E-state index < -0.39 is 0 Å². The summed E-state index contributed by atoms with van der Waals surface area (Å²) in [6, 6.07) is 8.92. The third-order valence-electron chi connectivity index (χ3n) is 5.20. The molecule has 1 aliphatic heterocycles. The SMILES string of the molecule is Cc1ccc(C)c(NC(=O)CN2CCc3sccc3[C@H]2C2CC2)c1. The molecule has 1 atom stereocenters. The lowest BCUT2D eigenvalue weighted by Gasteiger charge is -2.35. The van der Waals surface area contributed by atoms with Crippen LogP contribution in [0.5, 0.6) is 0 Å². The number of fused-ring (bicyclic) bond motifs is 1. The number of carbonyl (C=O) groups is 1. The van der Waals surface area contributed by atoms with Crippen molar-refractivity contribution in [3.63, 3.8) is 0 Å². The van der Waals surface area contributed by atoms with Gasteiger partial charge < -0.3 is 5.32 Å². The first-order valence-corrected chi connectivity index (χ1v) is 9.67. The van der Waals surface area contributed by atoms with Crippen molar-refractivity contribution in [3.05, 3.63) is 51.2 Å². The predicted molar refractivity (Wildman–Crippen MR) is 99.6 cm³/mol. The monoisotopic (exact) mass is 340 g/mol. The van der Waals surface area contributed by atoms with Crippen LogP contribution in [0.3, 0.4) is 0 Å². The molecule has 1 aromatic heterocycles. The molecular weight excluding hydrogens is 316 g/mol. The molecule has 1 saturated carbocycles. The largest absolute Gasteiger partial charge is 0.325 e. The Morgan fingerprint density at radius 3 is 2.92 bits per heavy atom. The van der Waals surface area contributed by atoms with E-state index in [1.165, 1.54) is 28.8 Å². The Labute approximate surface area is 147 Å². The molecule has 0 spiro atoms. The van der Waals surface area contributed by atoms with Crippen LogP contribution in [-0.2, 0) is 11.2 Å². The molecule has 2 heterocycles. The van der Waals surface area contributed by atoms with Gasteiger partial charge in [-0.25, -0.2) is 0 Å². The Bertz CT molecular complexity index is 763. The Hall–Kier alpha value is -1.65. The number of nitrogens with zero attached hydrogens (tertiary/aromatic N) is 1. The number of carbonyl (C=O) groups excluding carboxylic acids is 1. The molecule has 126 valence electrons. The summed E-state index contributed by atoms with van der Waals surface area (Å²) in [6.07, 6.45) is 3.68. The Balaban J connectivity index is 1.48. The summed E-state index contributed by atoms with van der Waals surface area (Å²) < 4.78 is 0. The number of hydrogen-bond donors (Lipinski definition) is 1. The molecule has 2 aromatic rings. The third-order valence-corrected chi connectivity index (χ3v) is 6.20. The summed E-state index contributed by atoms with van der Waals surface area (Å²) >= 11 is 1.87. The van der Waals surface area contributed by atoms with Crippen LogP contribution in [0.4, 0.5) is 5.69 Å². The topological polar surface area (TPSA) is 32.3 Å². The maximum atomic E-state index is 12.6. The van der Waals surface area contributed by atoms with Crippen LogP contribution < -0.4 is 5.32 Å². The van der Waals surface area contributed by atoms with Crippen molar-refractivity contribution in [2.75, 3.05) is 18.4 Å². The minimum absolute atomic E-state index is 0.105. The van der Waals surface area contributed by atoms with Gasteiger partial charge in [-0.15, -0.1) is 11.3 Å². The van der Waals surface area contributed by atoms with Crippen LogP contribution in [0.2, 0.25) is 0 Å². The van der Waals surface area contributed by atoms with E-state index >= 15 is 0 Å². The number of benzene rings is 1. The van der Waals surface area contributed by atoms with Gasteiger partial charge in [0.1, 0.15) is 0 Å². The molecule has 1 amide bonds. The lowest BCUT2D eigenvalue weighted by atomic mass is 9.96. The number of rotatable bonds is 4. The lowest BCUT2D eigenvalue weighted by molar-refractivity contribution is -0.118. The molecular formula is C20H24N2OS. The molecule has 4 heteroatoms. The molecule has 0 radical (unpaired) electrons. The molecule has 2 aliphatic rings. The zero-order valence-corrected chi connectivity index (χ0v) is 15.2.